The highest BCUT2D eigenvalue weighted by molar-refractivity contribution is 9.10. The number of rotatable bonds is 4. The van der Waals surface area contributed by atoms with Crippen LogP contribution in [0, 0.1) is 5.82 Å². The number of halogens is 4. The molecule has 1 atom stereocenters. The molecule has 0 saturated carbocycles. The van der Waals surface area contributed by atoms with Gasteiger partial charge in [0, 0.05) is 10.5 Å². The van der Waals surface area contributed by atoms with Crippen LogP contribution in [-0.4, -0.2) is 7.05 Å². The van der Waals surface area contributed by atoms with Gasteiger partial charge in [-0.1, -0.05) is 45.2 Å². The fraction of sp³-hybridized carbons (Fsp3) is 0.200. The van der Waals surface area contributed by atoms with Gasteiger partial charge in [0.15, 0.2) is 0 Å². The van der Waals surface area contributed by atoms with Gasteiger partial charge in [0.25, 0.3) is 0 Å². The Balaban J connectivity index is 2.26. The number of likely N-dealkylation sites (N-methyl/N-ethyl adjacent to an activating group) is 1. The molecule has 0 bridgehead atoms. The minimum Gasteiger partial charge on any atom is -0.313 e. The second-order valence-corrected chi connectivity index (χ2v) is 6.23. The number of hydrogen-bond donors (Lipinski definition) is 1. The van der Waals surface area contributed by atoms with Crippen molar-refractivity contribution in [2.24, 2.45) is 0 Å². The molecule has 0 fully saturated rings. The Morgan fingerprint density at radius 3 is 2.50 bits per heavy atom. The summed E-state index contributed by atoms with van der Waals surface area (Å²) < 4.78 is 14.1. The molecule has 20 heavy (non-hydrogen) atoms. The molecule has 0 aliphatic carbocycles. The summed E-state index contributed by atoms with van der Waals surface area (Å²) in [6.45, 7) is 0. The molecule has 2 aromatic carbocycles. The van der Waals surface area contributed by atoms with Crippen LogP contribution >= 0.6 is 39.1 Å². The van der Waals surface area contributed by atoms with Crippen LogP contribution in [0.15, 0.2) is 40.9 Å². The van der Waals surface area contributed by atoms with E-state index in [9.17, 15) is 4.39 Å². The maximum absolute atomic E-state index is 13.4. The van der Waals surface area contributed by atoms with Crippen molar-refractivity contribution in [1.82, 2.24) is 5.32 Å². The van der Waals surface area contributed by atoms with E-state index in [0.717, 1.165) is 15.6 Å². The molecule has 5 heteroatoms. The zero-order valence-electron chi connectivity index (χ0n) is 10.8. The number of nitrogens with one attached hydrogen (secondary N) is 1. The van der Waals surface area contributed by atoms with Gasteiger partial charge < -0.3 is 5.32 Å². The molecular weight excluding hydrogens is 364 g/mol. The lowest BCUT2D eigenvalue weighted by Gasteiger charge is -2.17. The lowest BCUT2D eigenvalue weighted by molar-refractivity contribution is 0.584. The molecular formula is C15H13BrCl2FN. The minimum absolute atomic E-state index is 0.0402. The monoisotopic (exact) mass is 375 g/mol. The third-order valence-corrected chi connectivity index (χ3v) is 4.25. The maximum atomic E-state index is 13.4. The predicted molar refractivity (Wildman–Crippen MR) is 86.1 cm³/mol. The van der Waals surface area contributed by atoms with Crippen molar-refractivity contribution in [3.05, 3.63) is 67.9 Å². The molecule has 0 spiro atoms. The van der Waals surface area contributed by atoms with E-state index in [0.29, 0.717) is 16.5 Å². The number of hydrogen-bond acceptors (Lipinski definition) is 1. The molecule has 0 amide bonds. The van der Waals surface area contributed by atoms with Gasteiger partial charge in [0.1, 0.15) is 5.82 Å². The van der Waals surface area contributed by atoms with Crippen LogP contribution < -0.4 is 5.32 Å². The molecule has 2 rings (SSSR count). The fourth-order valence-electron chi connectivity index (χ4n) is 2.08. The van der Waals surface area contributed by atoms with Crippen LogP contribution in [0.2, 0.25) is 10.0 Å². The van der Waals surface area contributed by atoms with Gasteiger partial charge in [0.05, 0.1) is 10.0 Å². The van der Waals surface area contributed by atoms with Crippen molar-refractivity contribution in [3.8, 4) is 0 Å². The van der Waals surface area contributed by atoms with E-state index in [4.69, 9.17) is 23.2 Å². The highest BCUT2D eigenvalue weighted by Crippen LogP contribution is 2.27. The molecule has 0 radical (unpaired) electrons. The molecule has 1 unspecified atom stereocenters. The average Bonchev–Trinajstić information content (AvgIpc) is 2.38. The van der Waals surface area contributed by atoms with Crippen LogP contribution in [0.5, 0.6) is 0 Å². The van der Waals surface area contributed by atoms with Gasteiger partial charge in [0.2, 0.25) is 0 Å². The first kappa shape index (κ1) is 15.8. The van der Waals surface area contributed by atoms with Gasteiger partial charge in [-0.3, -0.25) is 0 Å². The van der Waals surface area contributed by atoms with Crippen LogP contribution in [0.1, 0.15) is 17.2 Å². The summed E-state index contributed by atoms with van der Waals surface area (Å²) in [5.41, 5.74) is 1.92. The summed E-state index contributed by atoms with van der Waals surface area (Å²) in [5, 5.41) is 4.26. The summed E-state index contributed by atoms with van der Waals surface area (Å²) in [7, 11) is 1.86. The van der Waals surface area contributed by atoms with E-state index < -0.39 is 0 Å². The fourth-order valence-corrected chi connectivity index (χ4v) is 2.90. The Hall–Kier alpha value is -0.610. The van der Waals surface area contributed by atoms with Crippen molar-refractivity contribution >= 4 is 39.1 Å². The second kappa shape index (κ2) is 6.90. The summed E-state index contributed by atoms with van der Waals surface area (Å²) in [4.78, 5) is 0. The molecule has 1 N–H and O–H groups in total. The number of benzene rings is 2. The topological polar surface area (TPSA) is 12.0 Å². The molecule has 0 heterocycles. The lowest BCUT2D eigenvalue weighted by atomic mass is 9.99. The average molecular weight is 377 g/mol. The quantitative estimate of drug-likeness (QED) is 0.753. The highest BCUT2D eigenvalue weighted by Gasteiger charge is 2.12. The van der Waals surface area contributed by atoms with E-state index in [1.54, 1.807) is 6.07 Å². The first-order chi connectivity index (χ1) is 9.49. The standard InChI is InChI=1S/C15H13BrCl2FN/c1-20-15(10-2-3-13(17)14(18)7-10)6-9-4-11(16)8-12(19)5-9/h2-5,7-8,15,20H,6H2,1H3. The van der Waals surface area contributed by atoms with Gasteiger partial charge in [-0.25, -0.2) is 4.39 Å². The van der Waals surface area contributed by atoms with Gasteiger partial charge in [-0.05, 0) is 54.9 Å². The van der Waals surface area contributed by atoms with Crippen molar-refractivity contribution in [2.45, 2.75) is 12.5 Å². The molecule has 0 aliphatic rings. The molecule has 2 aromatic rings. The molecule has 106 valence electrons. The van der Waals surface area contributed by atoms with E-state index in [-0.39, 0.29) is 11.9 Å². The third-order valence-electron chi connectivity index (χ3n) is 3.06. The molecule has 0 aliphatic heterocycles. The van der Waals surface area contributed by atoms with Crippen molar-refractivity contribution in [2.75, 3.05) is 7.05 Å². The Kier molecular flexibility index (Phi) is 5.44. The Morgan fingerprint density at radius 1 is 1.15 bits per heavy atom. The Bertz CT molecular complexity index is 599. The third kappa shape index (κ3) is 3.95. The summed E-state index contributed by atoms with van der Waals surface area (Å²) in [6.07, 6.45) is 0.658. The predicted octanol–water partition coefficient (Wildman–Crippen LogP) is 5.40. The molecule has 0 saturated heterocycles. The first-order valence-electron chi connectivity index (χ1n) is 6.07. The normalized spacial score (nSPS) is 12.4. The van der Waals surface area contributed by atoms with Gasteiger partial charge >= 0.3 is 0 Å². The van der Waals surface area contributed by atoms with Crippen molar-refractivity contribution in [1.29, 1.82) is 0 Å². The van der Waals surface area contributed by atoms with Crippen LogP contribution in [0.3, 0.4) is 0 Å². The van der Waals surface area contributed by atoms with Gasteiger partial charge in [-0.2, -0.15) is 0 Å². The summed E-state index contributed by atoms with van der Waals surface area (Å²) >= 11 is 15.3. The highest BCUT2D eigenvalue weighted by atomic mass is 79.9. The van der Waals surface area contributed by atoms with E-state index in [1.165, 1.54) is 12.1 Å². The van der Waals surface area contributed by atoms with Gasteiger partial charge in [-0.15, -0.1) is 0 Å². The maximum Gasteiger partial charge on any atom is 0.124 e. The Morgan fingerprint density at radius 2 is 1.90 bits per heavy atom. The zero-order valence-corrected chi connectivity index (χ0v) is 13.9. The first-order valence-corrected chi connectivity index (χ1v) is 7.61. The smallest absolute Gasteiger partial charge is 0.124 e. The van der Waals surface area contributed by atoms with E-state index in [2.05, 4.69) is 21.2 Å². The largest absolute Gasteiger partial charge is 0.313 e. The SMILES string of the molecule is CNC(Cc1cc(F)cc(Br)c1)c1ccc(Cl)c(Cl)c1. The van der Waals surface area contributed by atoms with Crippen LogP contribution in [0.4, 0.5) is 4.39 Å². The summed E-state index contributed by atoms with van der Waals surface area (Å²) in [5.74, 6) is -0.252. The molecule has 0 aromatic heterocycles. The lowest BCUT2D eigenvalue weighted by Crippen LogP contribution is -2.19. The van der Waals surface area contributed by atoms with Crippen LogP contribution in [0.25, 0.3) is 0 Å². The zero-order chi connectivity index (χ0) is 14.7. The van der Waals surface area contributed by atoms with E-state index >= 15 is 0 Å². The van der Waals surface area contributed by atoms with E-state index in [1.807, 2.05) is 25.2 Å². The van der Waals surface area contributed by atoms with Crippen molar-refractivity contribution in [3.63, 3.8) is 0 Å². The molecule has 1 nitrogen and oxygen atoms in total. The van der Waals surface area contributed by atoms with Crippen LogP contribution in [-0.2, 0) is 6.42 Å². The second-order valence-electron chi connectivity index (χ2n) is 4.50. The Labute approximate surface area is 136 Å². The van der Waals surface area contributed by atoms with Crippen molar-refractivity contribution < 1.29 is 4.39 Å². The minimum atomic E-state index is -0.252. The summed E-state index contributed by atoms with van der Waals surface area (Å²) in [6, 6.07) is 10.4.